The predicted molar refractivity (Wildman–Crippen MR) is 142 cm³/mol. The number of nitrogens with zero attached hydrogens (tertiary/aromatic N) is 3. The summed E-state index contributed by atoms with van der Waals surface area (Å²) in [5.41, 5.74) is 2.94. The van der Waals surface area contributed by atoms with Crippen molar-refractivity contribution in [3.63, 3.8) is 0 Å². The van der Waals surface area contributed by atoms with E-state index in [1.807, 2.05) is 42.5 Å². The molecule has 6 rings (SSSR count). The minimum absolute atomic E-state index is 0.0424. The molecule has 0 aliphatic carbocycles. The maximum atomic E-state index is 13.0. The maximum Gasteiger partial charge on any atom is 0.225 e. The fourth-order valence-electron chi connectivity index (χ4n) is 4.81. The van der Waals surface area contributed by atoms with Crippen LogP contribution >= 0.6 is 0 Å². The summed E-state index contributed by atoms with van der Waals surface area (Å²) in [7, 11) is 0. The van der Waals surface area contributed by atoms with Crippen LogP contribution in [0.15, 0.2) is 60.9 Å². The number of ether oxygens (including phenoxy) is 1. The summed E-state index contributed by atoms with van der Waals surface area (Å²) in [4.78, 5) is 35.6. The third-order valence-electron chi connectivity index (χ3n) is 6.80. The number of rotatable bonds is 1. The van der Waals surface area contributed by atoms with Gasteiger partial charge in [-0.25, -0.2) is 9.97 Å². The van der Waals surface area contributed by atoms with E-state index in [9.17, 15) is 9.59 Å². The highest BCUT2D eigenvalue weighted by Gasteiger charge is 2.34. The number of hydrogen-bond donors (Lipinski definition) is 3. The Bertz CT molecular complexity index is 1220. The largest absolute Gasteiger partial charge is 0.494 e. The van der Waals surface area contributed by atoms with Gasteiger partial charge >= 0.3 is 0 Å². The number of benzene rings is 2. The lowest BCUT2D eigenvalue weighted by Crippen LogP contribution is -2.47. The molecule has 0 saturated carbocycles. The van der Waals surface area contributed by atoms with E-state index in [-0.39, 0.29) is 17.7 Å². The zero-order chi connectivity index (χ0) is 25.5. The molecular weight excluding hydrogens is 468 g/mol. The minimum Gasteiger partial charge on any atom is -0.494 e. The monoisotopic (exact) mass is 500 g/mol. The number of carbonyl (C=O) groups is 2. The van der Waals surface area contributed by atoms with Crippen LogP contribution in [0.1, 0.15) is 24.8 Å². The Labute approximate surface area is 216 Å². The van der Waals surface area contributed by atoms with Crippen LogP contribution < -0.4 is 20.7 Å². The van der Waals surface area contributed by atoms with Crippen LogP contribution in [0.4, 0.5) is 23.0 Å². The van der Waals surface area contributed by atoms with Crippen LogP contribution in [-0.4, -0.2) is 53.3 Å². The molecular formula is C28H32N6O3. The lowest BCUT2D eigenvalue weighted by molar-refractivity contribution is -0.132. The molecule has 3 N–H and O–H groups in total. The van der Waals surface area contributed by atoms with Gasteiger partial charge in [-0.15, -0.1) is 0 Å². The average Bonchev–Trinajstić information content (AvgIpc) is 2.91. The Hall–Kier alpha value is -3.98. The van der Waals surface area contributed by atoms with Gasteiger partial charge in [0, 0.05) is 43.0 Å². The number of aromatic nitrogens is 2. The molecule has 3 aliphatic rings. The molecule has 1 amide bonds. The number of hydrogen-bond acceptors (Lipinski definition) is 8. The molecule has 3 atom stereocenters. The van der Waals surface area contributed by atoms with E-state index in [4.69, 9.17) is 4.74 Å². The second-order valence-corrected chi connectivity index (χ2v) is 9.54. The first-order valence-corrected chi connectivity index (χ1v) is 12.8. The van der Waals surface area contributed by atoms with E-state index in [2.05, 4.69) is 43.0 Å². The topological polar surface area (TPSA) is 108 Å². The van der Waals surface area contributed by atoms with Gasteiger partial charge in [0.2, 0.25) is 5.91 Å². The van der Waals surface area contributed by atoms with Crippen molar-refractivity contribution < 1.29 is 14.3 Å². The second-order valence-electron chi connectivity index (χ2n) is 9.54. The highest BCUT2D eigenvalue weighted by molar-refractivity contribution is 5.82. The molecule has 4 heterocycles. The molecule has 37 heavy (non-hydrogen) atoms. The van der Waals surface area contributed by atoms with Crippen LogP contribution in [0.2, 0.25) is 0 Å². The molecule has 1 fully saturated rings. The predicted octanol–water partition coefficient (Wildman–Crippen LogP) is 3.89. The van der Waals surface area contributed by atoms with Crippen molar-refractivity contribution in [2.75, 3.05) is 36.9 Å². The van der Waals surface area contributed by atoms with Crippen LogP contribution in [0.5, 0.6) is 5.75 Å². The number of amides is 1. The Morgan fingerprint density at radius 2 is 1.78 bits per heavy atom. The molecule has 8 bridgehead atoms. The van der Waals surface area contributed by atoms with Crippen molar-refractivity contribution >= 4 is 35.2 Å². The van der Waals surface area contributed by atoms with Gasteiger partial charge < -0.3 is 25.5 Å². The molecule has 0 radical (unpaired) electrons. The molecule has 3 aliphatic heterocycles. The van der Waals surface area contributed by atoms with Crippen molar-refractivity contribution in [3.8, 4) is 5.75 Å². The Balaban J connectivity index is 1.36. The zero-order valence-corrected chi connectivity index (χ0v) is 20.7. The zero-order valence-electron chi connectivity index (χ0n) is 20.7. The van der Waals surface area contributed by atoms with Gasteiger partial charge in [0.25, 0.3) is 0 Å². The molecule has 192 valence electrons. The molecule has 1 saturated heterocycles. The van der Waals surface area contributed by atoms with E-state index in [1.165, 1.54) is 6.33 Å². The first kappa shape index (κ1) is 24.7. The van der Waals surface area contributed by atoms with E-state index < -0.39 is 0 Å². The van der Waals surface area contributed by atoms with Crippen molar-refractivity contribution in [3.05, 3.63) is 66.5 Å². The van der Waals surface area contributed by atoms with Crippen molar-refractivity contribution in [2.24, 2.45) is 11.8 Å². The Morgan fingerprint density at radius 3 is 2.59 bits per heavy atom. The van der Waals surface area contributed by atoms with Crippen molar-refractivity contribution in [1.82, 2.24) is 20.2 Å². The van der Waals surface area contributed by atoms with Crippen LogP contribution in [0, 0.1) is 11.8 Å². The summed E-state index contributed by atoms with van der Waals surface area (Å²) in [5.74, 6) is 1.52. The second kappa shape index (κ2) is 11.8. The van der Waals surface area contributed by atoms with E-state index in [0.717, 1.165) is 48.4 Å². The highest BCUT2D eigenvalue weighted by atomic mass is 16.5. The van der Waals surface area contributed by atoms with Crippen molar-refractivity contribution in [2.45, 2.75) is 25.8 Å². The molecule has 1 aromatic heterocycles. The Kier molecular flexibility index (Phi) is 7.90. The molecule has 9 heteroatoms. The van der Waals surface area contributed by atoms with Crippen LogP contribution in [-0.2, 0) is 16.1 Å². The first-order chi connectivity index (χ1) is 18.2. The van der Waals surface area contributed by atoms with Crippen molar-refractivity contribution in [1.29, 1.82) is 0 Å². The summed E-state index contributed by atoms with van der Waals surface area (Å²) in [6, 6.07) is 17.7. The number of piperidine rings is 1. The summed E-state index contributed by atoms with van der Waals surface area (Å²) in [5, 5.41) is 9.71. The lowest BCUT2D eigenvalue weighted by Gasteiger charge is -2.35. The number of nitrogens with one attached hydrogen (secondary N) is 3. The molecule has 3 aromatic rings. The molecule has 9 nitrogen and oxygen atoms in total. The van der Waals surface area contributed by atoms with Crippen LogP contribution in [0.3, 0.4) is 0 Å². The SMILES string of the molecule is O=CC1CCN2Cc3cccc(c3)Nc3cc(ncn3)Nc3ccc(cc3)OCCCCNC(=O)C1C2. The number of carbonyl (C=O) groups excluding carboxylic acids is 2. The third kappa shape index (κ3) is 6.62. The van der Waals surface area contributed by atoms with Gasteiger partial charge in [-0.05, 0) is 67.8 Å². The minimum atomic E-state index is -0.337. The van der Waals surface area contributed by atoms with Gasteiger partial charge in [-0.3, -0.25) is 9.69 Å². The average molecular weight is 501 g/mol. The first-order valence-electron chi connectivity index (χ1n) is 12.8. The molecule has 0 spiro atoms. The van der Waals surface area contributed by atoms with Gasteiger partial charge in [0.15, 0.2) is 0 Å². The van der Waals surface area contributed by atoms with Gasteiger partial charge in [-0.2, -0.15) is 0 Å². The van der Waals surface area contributed by atoms with Gasteiger partial charge in [0.1, 0.15) is 30.0 Å². The fourth-order valence-corrected chi connectivity index (χ4v) is 4.81. The smallest absolute Gasteiger partial charge is 0.225 e. The summed E-state index contributed by atoms with van der Waals surface area (Å²) in [6.45, 7) is 3.18. The number of aldehydes is 1. The molecule has 3 unspecified atom stereocenters. The quantitative estimate of drug-likeness (QED) is 0.432. The lowest BCUT2D eigenvalue weighted by atomic mass is 9.85. The maximum absolute atomic E-state index is 13.0. The third-order valence-corrected chi connectivity index (χ3v) is 6.80. The summed E-state index contributed by atoms with van der Waals surface area (Å²) >= 11 is 0. The van der Waals surface area contributed by atoms with E-state index in [0.29, 0.717) is 44.3 Å². The number of anilines is 4. The summed E-state index contributed by atoms with van der Waals surface area (Å²) < 4.78 is 5.85. The van der Waals surface area contributed by atoms with E-state index >= 15 is 0 Å². The summed E-state index contributed by atoms with van der Waals surface area (Å²) in [6.07, 6.45) is 4.78. The normalized spacial score (nSPS) is 22.5. The van der Waals surface area contributed by atoms with Crippen LogP contribution in [0.25, 0.3) is 0 Å². The van der Waals surface area contributed by atoms with Gasteiger partial charge in [0.05, 0.1) is 12.5 Å². The highest BCUT2D eigenvalue weighted by Crippen LogP contribution is 2.26. The fraction of sp³-hybridized carbons (Fsp3) is 0.357. The van der Waals surface area contributed by atoms with E-state index in [1.54, 1.807) is 0 Å². The standard InChI is InChI=1S/C28H32N6O3/c35-18-21-10-12-34-16-20-4-3-5-23(14-20)33-27-15-26(30-19-31-27)32-22-6-8-24(9-7-22)37-13-2-1-11-29-28(36)25(21)17-34/h3-9,14-15,18-19,21,25H,1-2,10-13,16-17H2,(H,29,36)(H2,30,31,32,33). The van der Waals surface area contributed by atoms with Gasteiger partial charge in [-0.1, -0.05) is 12.1 Å². The Morgan fingerprint density at radius 1 is 0.973 bits per heavy atom. The molecule has 2 aromatic carbocycles. The number of fused-ring (bicyclic) bond motifs is 8.